The third-order valence-corrected chi connectivity index (χ3v) is 7.38. The van der Waals surface area contributed by atoms with E-state index in [1.165, 1.54) is 29.2 Å². The first-order valence-electron chi connectivity index (χ1n) is 12.1. The topological polar surface area (TPSA) is 118 Å². The van der Waals surface area contributed by atoms with Gasteiger partial charge in [-0.1, -0.05) is 0 Å². The molecule has 220 valence electrons. The first-order valence-corrected chi connectivity index (χ1v) is 13.8. The molecule has 2 aromatic heterocycles. The van der Waals surface area contributed by atoms with Gasteiger partial charge in [-0.3, -0.25) is 14.4 Å². The lowest BCUT2D eigenvalue weighted by atomic mass is 10.1. The molecule has 0 radical (unpaired) electrons. The minimum Gasteiger partial charge on any atom is -0.506 e. The molecule has 14 heteroatoms. The van der Waals surface area contributed by atoms with E-state index in [0.29, 0.717) is 20.9 Å². The molecule has 0 saturated carbocycles. The van der Waals surface area contributed by atoms with Crippen LogP contribution in [0, 0.1) is 0 Å². The van der Waals surface area contributed by atoms with Crippen molar-refractivity contribution < 1.29 is 42.1 Å². The lowest BCUT2D eigenvalue weighted by Crippen LogP contribution is -2.31. The number of hydrogen-bond acceptors (Lipinski definition) is 9. The third-order valence-electron chi connectivity index (χ3n) is 5.29. The quantitative estimate of drug-likeness (QED) is 0.173. The number of alkyl halides is 3. The highest BCUT2D eigenvalue weighted by atomic mass is 32.1. The number of aromatic hydroxyl groups is 1. The molecule has 0 bridgehead atoms. The molecule has 3 aromatic rings. The second-order valence-electron chi connectivity index (χ2n) is 9.76. The number of hydrazone groups is 1. The summed E-state index contributed by atoms with van der Waals surface area (Å²) in [6, 6.07) is 8.03. The molecule has 0 fully saturated rings. The van der Waals surface area contributed by atoms with Gasteiger partial charge < -0.3 is 19.5 Å². The van der Waals surface area contributed by atoms with Crippen molar-refractivity contribution in [3.63, 3.8) is 0 Å². The highest BCUT2D eigenvalue weighted by Crippen LogP contribution is 2.39. The average molecular weight is 612 g/mol. The summed E-state index contributed by atoms with van der Waals surface area (Å²) in [5.41, 5.74) is 2.85. The van der Waals surface area contributed by atoms with E-state index in [4.69, 9.17) is 4.74 Å². The van der Waals surface area contributed by atoms with Crippen molar-refractivity contribution >= 4 is 46.2 Å². The molecule has 3 rings (SSSR count). The van der Waals surface area contributed by atoms with Gasteiger partial charge in [0.15, 0.2) is 0 Å². The predicted molar refractivity (Wildman–Crippen MR) is 150 cm³/mol. The SMILES string of the molecule is CC(=NNC(=O)c1ccc(C(=O)N(C)CCC(=O)OC(C)(C)C)s1)c1csc(-c2ccc(OC(F)(F)F)cc2)c1O. The lowest BCUT2D eigenvalue weighted by Gasteiger charge is -2.21. The first kappa shape index (κ1) is 31.6. The molecule has 0 aliphatic carbocycles. The second-order valence-corrected chi connectivity index (χ2v) is 11.7. The molecule has 0 spiro atoms. The number of ether oxygens (including phenoxy) is 2. The van der Waals surface area contributed by atoms with Gasteiger partial charge in [-0.25, -0.2) is 5.43 Å². The summed E-state index contributed by atoms with van der Waals surface area (Å²) in [6.45, 7) is 6.98. The Balaban J connectivity index is 1.61. The van der Waals surface area contributed by atoms with E-state index < -0.39 is 23.8 Å². The van der Waals surface area contributed by atoms with E-state index in [0.717, 1.165) is 34.8 Å². The van der Waals surface area contributed by atoms with Crippen LogP contribution in [0.15, 0.2) is 46.9 Å². The molecule has 0 unspecified atom stereocenters. The van der Waals surface area contributed by atoms with Crippen molar-refractivity contribution in [1.29, 1.82) is 0 Å². The van der Waals surface area contributed by atoms with Crippen molar-refractivity contribution in [2.45, 2.75) is 46.1 Å². The molecule has 0 saturated heterocycles. The molecular weight excluding hydrogens is 583 g/mol. The molecule has 0 atom stereocenters. The zero-order valence-corrected chi connectivity index (χ0v) is 24.4. The van der Waals surface area contributed by atoms with Crippen molar-refractivity contribution in [2.24, 2.45) is 5.10 Å². The van der Waals surface area contributed by atoms with Gasteiger partial charge in [-0.15, -0.1) is 35.8 Å². The van der Waals surface area contributed by atoms with Crippen molar-refractivity contribution in [3.8, 4) is 21.9 Å². The molecule has 2 amide bonds. The number of nitrogens with zero attached hydrogens (tertiary/aromatic N) is 2. The van der Waals surface area contributed by atoms with E-state index in [-0.39, 0.29) is 41.0 Å². The smallest absolute Gasteiger partial charge is 0.506 e. The number of halogens is 3. The molecular formula is C27H28F3N3O6S2. The lowest BCUT2D eigenvalue weighted by molar-refractivity contribution is -0.274. The molecule has 9 nitrogen and oxygen atoms in total. The fraction of sp³-hybridized carbons (Fsp3) is 0.333. The Hall–Kier alpha value is -3.91. The number of nitrogens with one attached hydrogen (secondary N) is 1. The summed E-state index contributed by atoms with van der Waals surface area (Å²) < 4.78 is 46.3. The van der Waals surface area contributed by atoms with Gasteiger partial charge in [0.2, 0.25) is 0 Å². The Bertz CT molecular complexity index is 1440. The molecule has 2 heterocycles. The number of amides is 2. The molecule has 41 heavy (non-hydrogen) atoms. The van der Waals surface area contributed by atoms with Gasteiger partial charge in [-0.05, 0) is 69.7 Å². The van der Waals surface area contributed by atoms with E-state index in [1.54, 1.807) is 40.1 Å². The summed E-state index contributed by atoms with van der Waals surface area (Å²) in [5.74, 6) is -1.88. The number of rotatable bonds is 9. The molecule has 1 aromatic carbocycles. The van der Waals surface area contributed by atoms with Crippen LogP contribution >= 0.6 is 22.7 Å². The monoisotopic (exact) mass is 611 g/mol. The fourth-order valence-electron chi connectivity index (χ4n) is 3.39. The Kier molecular flexibility index (Phi) is 9.81. The maximum absolute atomic E-state index is 12.7. The van der Waals surface area contributed by atoms with Crippen LogP contribution in [0.2, 0.25) is 0 Å². The van der Waals surface area contributed by atoms with Crippen LogP contribution in [0.3, 0.4) is 0 Å². The van der Waals surface area contributed by atoms with Crippen LogP contribution in [0.1, 0.15) is 59.0 Å². The van der Waals surface area contributed by atoms with Gasteiger partial charge in [-0.2, -0.15) is 5.10 Å². The third kappa shape index (κ3) is 9.05. The summed E-state index contributed by atoms with van der Waals surface area (Å²) in [6.07, 6.45) is -4.78. The largest absolute Gasteiger partial charge is 0.573 e. The zero-order valence-electron chi connectivity index (χ0n) is 22.8. The van der Waals surface area contributed by atoms with Crippen LogP contribution < -0.4 is 10.2 Å². The number of carbonyl (C=O) groups excluding carboxylic acids is 3. The van der Waals surface area contributed by atoms with Gasteiger partial charge >= 0.3 is 12.3 Å². The standard InChI is InChI=1S/C27H28F3N3O6S2/c1-15(18-14-40-23(22(18)35)16-6-8-17(9-7-16)38-27(28,29)30)31-32-24(36)19-10-11-20(41-19)25(37)33(5)13-12-21(34)39-26(2,3)4/h6-11,14,35H,12-13H2,1-5H3,(H,32,36). The van der Waals surface area contributed by atoms with Crippen LogP contribution in [-0.4, -0.2) is 59.1 Å². The predicted octanol–water partition coefficient (Wildman–Crippen LogP) is 6.04. The van der Waals surface area contributed by atoms with Crippen LogP contribution in [-0.2, 0) is 9.53 Å². The Morgan fingerprint density at radius 3 is 2.29 bits per heavy atom. The molecule has 2 N–H and O–H groups in total. The normalized spacial score (nSPS) is 12.1. The number of thiophene rings is 2. The molecule has 0 aliphatic rings. The van der Waals surface area contributed by atoms with Crippen LogP contribution in [0.5, 0.6) is 11.5 Å². The van der Waals surface area contributed by atoms with Crippen LogP contribution in [0.4, 0.5) is 13.2 Å². The van der Waals surface area contributed by atoms with E-state index in [2.05, 4.69) is 15.3 Å². The average Bonchev–Trinajstić information content (AvgIpc) is 3.51. The first-order chi connectivity index (χ1) is 19.0. The summed E-state index contributed by atoms with van der Waals surface area (Å²) >= 11 is 2.11. The van der Waals surface area contributed by atoms with Gasteiger partial charge in [0.1, 0.15) is 17.1 Å². The van der Waals surface area contributed by atoms with Crippen molar-refractivity contribution in [3.05, 3.63) is 57.1 Å². The molecule has 0 aliphatic heterocycles. The minimum atomic E-state index is -4.81. The van der Waals surface area contributed by atoms with Crippen molar-refractivity contribution in [1.82, 2.24) is 10.3 Å². The summed E-state index contributed by atoms with van der Waals surface area (Å²) in [4.78, 5) is 39.5. The van der Waals surface area contributed by atoms with Crippen LogP contribution in [0.25, 0.3) is 10.4 Å². The highest BCUT2D eigenvalue weighted by Gasteiger charge is 2.31. The Morgan fingerprint density at radius 2 is 1.68 bits per heavy atom. The maximum Gasteiger partial charge on any atom is 0.573 e. The Morgan fingerprint density at radius 1 is 1.05 bits per heavy atom. The summed E-state index contributed by atoms with van der Waals surface area (Å²) in [5, 5.41) is 16.3. The maximum atomic E-state index is 12.7. The fourth-order valence-corrected chi connectivity index (χ4v) is 5.29. The second kappa shape index (κ2) is 12.7. The number of benzene rings is 1. The summed E-state index contributed by atoms with van der Waals surface area (Å²) in [7, 11) is 1.55. The van der Waals surface area contributed by atoms with Gasteiger partial charge in [0.25, 0.3) is 11.8 Å². The minimum absolute atomic E-state index is 0.0289. The highest BCUT2D eigenvalue weighted by molar-refractivity contribution is 7.16. The number of carbonyl (C=O) groups is 3. The zero-order chi connectivity index (χ0) is 30.5. The van der Waals surface area contributed by atoms with E-state index in [9.17, 15) is 32.7 Å². The number of esters is 1. The van der Waals surface area contributed by atoms with E-state index in [1.807, 2.05) is 0 Å². The van der Waals surface area contributed by atoms with E-state index >= 15 is 0 Å². The Labute approximate surface area is 242 Å². The number of hydrogen-bond donors (Lipinski definition) is 2. The van der Waals surface area contributed by atoms with Gasteiger partial charge in [0.05, 0.1) is 32.3 Å². The van der Waals surface area contributed by atoms with Crippen molar-refractivity contribution in [2.75, 3.05) is 13.6 Å². The van der Waals surface area contributed by atoms with Gasteiger partial charge in [0, 0.05) is 19.0 Å².